The summed E-state index contributed by atoms with van der Waals surface area (Å²) in [5.74, 6) is 0.971. The van der Waals surface area contributed by atoms with Crippen molar-refractivity contribution in [2.45, 2.75) is 64.1 Å². The number of piperidine rings is 1. The lowest BCUT2D eigenvalue weighted by atomic mass is 9.89. The highest BCUT2D eigenvalue weighted by Crippen LogP contribution is 2.32. The van der Waals surface area contributed by atoms with Crippen LogP contribution in [-0.2, 0) is 6.54 Å². The average molecular weight is 381 g/mol. The summed E-state index contributed by atoms with van der Waals surface area (Å²) in [6, 6.07) is 20.3. The average Bonchev–Trinajstić information content (AvgIpc) is 2.76. The second kappa shape index (κ2) is 11.2. The van der Waals surface area contributed by atoms with Crippen LogP contribution in [-0.4, -0.2) is 31.1 Å². The number of hydrogen-bond acceptors (Lipinski definition) is 3. The molecular weight excluding hydrogens is 344 g/mol. The highest BCUT2D eigenvalue weighted by molar-refractivity contribution is 5.33. The summed E-state index contributed by atoms with van der Waals surface area (Å²) >= 11 is 0. The lowest BCUT2D eigenvalue weighted by Crippen LogP contribution is -2.48. The van der Waals surface area contributed by atoms with E-state index in [1.54, 1.807) is 7.11 Å². The molecule has 1 fully saturated rings. The van der Waals surface area contributed by atoms with Crippen LogP contribution < -0.4 is 10.1 Å². The zero-order chi connectivity index (χ0) is 19.6. The Bertz CT molecular complexity index is 688. The minimum Gasteiger partial charge on any atom is -0.496 e. The van der Waals surface area contributed by atoms with E-state index in [-0.39, 0.29) is 0 Å². The van der Waals surface area contributed by atoms with Crippen LogP contribution in [0.25, 0.3) is 0 Å². The Morgan fingerprint density at radius 1 is 1.00 bits per heavy atom. The van der Waals surface area contributed by atoms with Gasteiger partial charge in [0.15, 0.2) is 0 Å². The fraction of sp³-hybridized carbons (Fsp3) is 0.520. The lowest BCUT2D eigenvalue weighted by molar-refractivity contribution is 0.108. The number of methoxy groups -OCH3 is 1. The second-order valence-corrected chi connectivity index (χ2v) is 7.89. The van der Waals surface area contributed by atoms with Gasteiger partial charge in [0.1, 0.15) is 5.75 Å². The number of unbranched alkanes of at least 4 members (excludes halogenated alkanes) is 3. The van der Waals surface area contributed by atoms with Crippen LogP contribution in [0.2, 0.25) is 0 Å². The van der Waals surface area contributed by atoms with Gasteiger partial charge in [0.05, 0.1) is 13.2 Å². The zero-order valence-corrected chi connectivity index (χ0v) is 17.6. The Morgan fingerprint density at radius 2 is 1.79 bits per heavy atom. The molecule has 0 bridgehead atoms. The van der Waals surface area contributed by atoms with E-state index in [2.05, 4.69) is 59.6 Å². The van der Waals surface area contributed by atoms with Crippen molar-refractivity contribution in [1.82, 2.24) is 10.2 Å². The first kappa shape index (κ1) is 20.9. The van der Waals surface area contributed by atoms with Gasteiger partial charge in [-0.15, -0.1) is 0 Å². The monoisotopic (exact) mass is 380 g/mol. The first-order chi connectivity index (χ1) is 13.8. The van der Waals surface area contributed by atoms with E-state index in [1.165, 1.54) is 62.7 Å². The molecule has 1 saturated heterocycles. The van der Waals surface area contributed by atoms with Gasteiger partial charge in [0.25, 0.3) is 0 Å². The molecule has 0 aromatic heterocycles. The molecule has 28 heavy (non-hydrogen) atoms. The summed E-state index contributed by atoms with van der Waals surface area (Å²) in [7, 11) is 1.75. The molecule has 3 rings (SSSR count). The summed E-state index contributed by atoms with van der Waals surface area (Å²) in [6.07, 6.45) is 7.77. The SMILES string of the molecule is CCCCCCN1CCC[C@@H](NCc2ccccc2OC)[C@H]1c1ccccc1. The first-order valence-corrected chi connectivity index (χ1v) is 11.0. The van der Waals surface area contributed by atoms with Gasteiger partial charge in [-0.05, 0) is 44.0 Å². The largest absolute Gasteiger partial charge is 0.496 e. The van der Waals surface area contributed by atoms with Crippen molar-refractivity contribution in [3.63, 3.8) is 0 Å². The zero-order valence-electron chi connectivity index (χ0n) is 17.6. The van der Waals surface area contributed by atoms with E-state index in [0.717, 1.165) is 12.3 Å². The molecule has 2 aromatic rings. The number of rotatable bonds is 10. The third-order valence-electron chi connectivity index (χ3n) is 5.92. The third-order valence-corrected chi connectivity index (χ3v) is 5.92. The lowest BCUT2D eigenvalue weighted by Gasteiger charge is -2.42. The quantitative estimate of drug-likeness (QED) is 0.545. The van der Waals surface area contributed by atoms with Gasteiger partial charge in [-0.3, -0.25) is 4.90 Å². The number of ether oxygens (including phenoxy) is 1. The molecule has 1 aliphatic rings. The normalized spacial score (nSPS) is 20.2. The summed E-state index contributed by atoms with van der Waals surface area (Å²) in [6.45, 7) is 5.54. The molecule has 152 valence electrons. The number of hydrogen-bond donors (Lipinski definition) is 1. The molecule has 0 spiro atoms. The highest BCUT2D eigenvalue weighted by Gasteiger charge is 2.32. The molecule has 2 atom stereocenters. The standard InChI is InChI=1S/C25H36N2O/c1-3-4-5-11-18-27-19-12-16-23(25(27)21-13-7-6-8-14-21)26-20-22-15-9-10-17-24(22)28-2/h6-10,13-15,17,23,25-26H,3-5,11-12,16,18-20H2,1-2H3/t23-,25-/m1/s1. The van der Waals surface area contributed by atoms with Gasteiger partial charge in [-0.2, -0.15) is 0 Å². The molecule has 0 unspecified atom stereocenters. The van der Waals surface area contributed by atoms with E-state index in [4.69, 9.17) is 4.74 Å². The molecule has 0 amide bonds. The van der Waals surface area contributed by atoms with E-state index >= 15 is 0 Å². The summed E-state index contributed by atoms with van der Waals surface area (Å²) in [4.78, 5) is 2.72. The second-order valence-electron chi connectivity index (χ2n) is 7.89. The van der Waals surface area contributed by atoms with Crippen molar-refractivity contribution < 1.29 is 4.74 Å². The number of nitrogens with zero attached hydrogens (tertiary/aromatic N) is 1. The van der Waals surface area contributed by atoms with Crippen molar-refractivity contribution in [2.75, 3.05) is 20.2 Å². The van der Waals surface area contributed by atoms with Crippen molar-refractivity contribution in [2.24, 2.45) is 0 Å². The fourth-order valence-electron chi connectivity index (χ4n) is 4.46. The summed E-state index contributed by atoms with van der Waals surface area (Å²) in [5, 5.41) is 3.87. The molecule has 3 nitrogen and oxygen atoms in total. The Morgan fingerprint density at radius 3 is 2.57 bits per heavy atom. The summed E-state index contributed by atoms with van der Waals surface area (Å²) in [5.41, 5.74) is 2.67. The topological polar surface area (TPSA) is 24.5 Å². The number of nitrogens with one attached hydrogen (secondary N) is 1. The Labute approximate surface area is 171 Å². The van der Waals surface area contributed by atoms with Crippen LogP contribution in [0.1, 0.15) is 62.6 Å². The Balaban J connectivity index is 1.71. The minimum atomic E-state index is 0.450. The van der Waals surface area contributed by atoms with Crippen LogP contribution >= 0.6 is 0 Å². The molecule has 0 aliphatic carbocycles. The molecular formula is C25H36N2O. The van der Waals surface area contributed by atoms with Crippen molar-refractivity contribution in [3.05, 3.63) is 65.7 Å². The van der Waals surface area contributed by atoms with Gasteiger partial charge in [0, 0.05) is 18.2 Å². The maximum absolute atomic E-state index is 5.54. The smallest absolute Gasteiger partial charge is 0.123 e. The molecule has 2 aromatic carbocycles. The number of likely N-dealkylation sites (tertiary alicyclic amines) is 1. The van der Waals surface area contributed by atoms with E-state index in [9.17, 15) is 0 Å². The van der Waals surface area contributed by atoms with Gasteiger partial charge in [-0.1, -0.05) is 74.7 Å². The van der Waals surface area contributed by atoms with Crippen molar-refractivity contribution >= 4 is 0 Å². The Kier molecular flexibility index (Phi) is 8.38. The van der Waals surface area contributed by atoms with Crippen LogP contribution in [0.4, 0.5) is 0 Å². The first-order valence-electron chi connectivity index (χ1n) is 11.0. The third kappa shape index (κ3) is 5.59. The molecule has 1 aliphatic heterocycles. The van der Waals surface area contributed by atoms with Gasteiger partial charge in [0.2, 0.25) is 0 Å². The fourth-order valence-corrected chi connectivity index (χ4v) is 4.46. The van der Waals surface area contributed by atoms with Crippen LogP contribution in [0.15, 0.2) is 54.6 Å². The number of benzene rings is 2. The van der Waals surface area contributed by atoms with E-state index < -0.39 is 0 Å². The van der Waals surface area contributed by atoms with Crippen LogP contribution in [0.5, 0.6) is 5.75 Å². The van der Waals surface area contributed by atoms with Gasteiger partial charge in [-0.25, -0.2) is 0 Å². The van der Waals surface area contributed by atoms with Crippen molar-refractivity contribution in [3.8, 4) is 5.75 Å². The molecule has 1 heterocycles. The molecule has 1 N–H and O–H groups in total. The maximum Gasteiger partial charge on any atom is 0.123 e. The predicted octanol–water partition coefficient (Wildman–Crippen LogP) is 5.57. The van der Waals surface area contributed by atoms with Crippen LogP contribution in [0, 0.1) is 0 Å². The van der Waals surface area contributed by atoms with Crippen molar-refractivity contribution in [1.29, 1.82) is 0 Å². The maximum atomic E-state index is 5.54. The van der Waals surface area contributed by atoms with Gasteiger partial charge < -0.3 is 10.1 Å². The van der Waals surface area contributed by atoms with Gasteiger partial charge >= 0.3 is 0 Å². The minimum absolute atomic E-state index is 0.450. The predicted molar refractivity (Wildman–Crippen MR) is 118 cm³/mol. The van der Waals surface area contributed by atoms with E-state index in [0.29, 0.717) is 12.1 Å². The summed E-state index contributed by atoms with van der Waals surface area (Å²) < 4.78 is 5.54. The van der Waals surface area contributed by atoms with Crippen LogP contribution in [0.3, 0.4) is 0 Å². The van der Waals surface area contributed by atoms with E-state index in [1.807, 2.05) is 12.1 Å². The number of para-hydroxylation sites is 1. The highest BCUT2D eigenvalue weighted by atomic mass is 16.5. The Hall–Kier alpha value is -1.84. The molecule has 0 radical (unpaired) electrons. The molecule has 3 heteroatoms. The molecule has 0 saturated carbocycles.